The predicted molar refractivity (Wildman–Crippen MR) is 80.0 cm³/mol. The van der Waals surface area contributed by atoms with Gasteiger partial charge in [0.15, 0.2) is 11.5 Å². The van der Waals surface area contributed by atoms with Gasteiger partial charge in [-0.05, 0) is 24.3 Å². The molecule has 5 nitrogen and oxygen atoms in total. The standard InChI is InChI=1S/C16H17NO4/c1-20-14-8-7-13(11-15(14)21-10-9-18)17-16(19)12-5-3-2-4-6-12/h2-8,11,18H,9-10H2,1H3,(H,17,19). The molecule has 0 aliphatic carbocycles. The highest BCUT2D eigenvalue weighted by Gasteiger charge is 2.09. The van der Waals surface area contributed by atoms with E-state index in [1.54, 1.807) is 42.5 Å². The van der Waals surface area contributed by atoms with E-state index in [1.165, 1.54) is 7.11 Å². The summed E-state index contributed by atoms with van der Waals surface area (Å²) in [5.41, 5.74) is 1.17. The lowest BCUT2D eigenvalue weighted by Crippen LogP contribution is -2.12. The van der Waals surface area contributed by atoms with Crippen LogP contribution >= 0.6 is 0 Å². The van der Waals surface area contributed by atoms with Crippen molar-refractivity contribution in [2.75, 3.05) is 25.6 Å². The Morgan fingerprint density at radius 3 is 2.57 bits per heavy atom. The van der Waals surface area contributed by atoms with Gasteiger partial charge in [0.05, 0.1) is 13.7 Å². The van der Waals surface area contributed by atoms with Crippen molar-refractivity contribution in [3.05, 3.63) is 54.1 Å². The van der Waals surface area contributed by atoms with Gasteiger partial charge in [0.25, 0.3) is 5.91 Å². The lowest BCUT2D eigenvalue weighted by Gasteiger charge is -2.12. The molecule has 0 spiro atoms. The summed E-state index contributed by atoms with van der Waals surface area (Å²) in [6.07, 6.45) is 0. The molecule has 0 saturated carbocycles. The topological polar surface area (TPSA) is 67.8 Å². The van der Waals surface area contributed by atoms with Gasteiger partial charge in [0.2, 0.25) is 0 Å². The summed E-state index contributed by atoms with van der Waals surface area (Å²) in [6.45, 7) is 0.0657. The summed E-state index contributed by atoms with van der Waals surface area (Å²) in [6, 6.07) is 14.0. The smallest absolute Gasteiger partial charge is 0.255 e. The summed E-state index contributed by atoms with van der Waals surface area (Å²) in [4.78, 5) is 12.1. The second-order valence-electron chi connectivity index (χ2n) is 4.26. The van der Waals surface area contributed by atoms with Crippen molar-refractivity contribution in [2.24, 2.45) is 0 Å². The first-order valence-electron chi connectivity index (χ1n) is 6.52. The Kier molecular flexibility index (Phi) is 5.17. The molecule has 2 N–H and O–H groups in total. The highest BCUT2D eigenvalue weighted by Crippen LogP contribution is 2.30. The molecule has 0 aliphatic rings. The Hall–Kier alpha value is -2.53. The monoisotopic (exact) mass is 287 g/mol. The van der Waals surface area contributed by atoms with Crippen LogP contribution in [0.4, 0.5) is 5.69 Å². The molecule has 1 amide bonds. The first-order chi connectivity index (χ1) is 10.2. The van der Waals surface area contributed by atoms with E-state index in [9.17, 15) is 4.79 Å². The van der Waals surface area contributed by atoms with Gasteiger partial charge in [-0.15, -0.1) is 0 Å². The summed E-state index contributed by atoms with van der Waals surface area (Å²) >= 11 is 0. The van der Waals surface area contributed by atoms with Crippen LogP contribution in [0, 0.1) is 0 Å². The normalized spacial score (nSPS) is 10.0. The predicted octanol–water partition coefficient (Wildman–Crippen LogP) is 2.32. The molecular formula is C16H17NO4. The number of carbonyl (C=O) groups excluding carboxylic acids is 1. The molecule has 2 aromatic rings. The van der Waals surface area contributed by atoms with Crippen LogP contribution in [-0.2, 0) is 0 Å². The third-order valence-electron chi connectivity index (χ3n) is 2.81. The van der Waals surface area contributed by atoms with Crippen molar-refractivity contribution < 1.29 is 19.4 Å². The fourth-order valence-corrected chi connectivity index (χ4v) is 1.82. The number of ether oxygens (including phenoxy) is 2. The average Bonchev–Trinajstić information content (AvgIpc) is 2.54. The number of anilines is 1. The highest BCUT2D eigenvalue weighted by molar-refractivity contribution is 6.04. The van der Waals surface area contributed by atoms with Gasteiger partial charge in [-0.3, -0.25) is 4.79 Å². The van der Waals surface area contributed by atoms with E-state index < -0.39 is 0 Å². The first-order valence-corrected chi connectivity index (χ1v) is 6.52. The Balaban J connectivity index is 2.15. The SMILES string of the molecule is COc1ccc(NC(=O)c2ccccc2)cc1OCCO. The average molecular weight is 287 g/mol. The van der Waals surface area contributed by atoms with Crippen LogP contribution in [0.5, 0.6) is 11.5 Å². The zero-order chi connectivity index (χ0) is 15.1. The van der Waals surface area contributed by atoms with Gasteiger partial charge in [0.1, 0.15) is 6.61 Å². The van der Waals surface area contributed by atoms with Gasteiger partial charge in [0, 0.05) is 17.3 Å². The third-order valence-corrected chi connectivity index (χ3v) is 2.81. The minimum atomic E-state index is -0.200. The van der Waals surface area contributed by atoms with Gasteiger partial charge in [-0.25, -0.2) is 0 Å². The quantitative estimate of drug-likeness (QED) is 0.855. The van der Waals surface area contributed by atoms with Crippen LogP contribution in [0.15, 0.2) is 48.5 Å². The van der Waals surface area contributed by atoms with Crippen LogP contribution in [0.1, 0.15) is 10.4 Å². The molecule has 0 aromatic heterocycles. The van der Waals surface area contributed by atoms with Crippen LogP contribution in [-0.4, -0.2) is 31.3 Å². The summed E-state index contributed by atoms with van der Waals surface area (Å²) in [7, 11) is 1.53. The van der Waals surface area contributed by atoms with Crippen molar-refractivity contribution in [3.63, 3.8) is 0 Å². The number of hydrogen-bond acceptors (Lipinski definition) is 4. The lowest BCUT2D eigenvalue weighted by atomic mass is 10.2. The van der Waals surface area contributed by atoms with Crippen molar-refractivity contribution in [1.29, 1.82) is 0 Å². The fraction of sp³-hybridized carbons (Fsp3) is 0.188. The number of methoxy groups -OCH3 is 1. The van der Waals surface area contributed by atoms with Crippen molar-refractivity contribution in [3.8, 4) is 11.5 Å². The molecule has 2 rings (SSSR count). The van der Waals surface area contributed by atoms with Crippen molar-refractivity contribution >= 4 is 11.6 Å². The maximum atomic E-state index is 12.1. The maximum Gasteiger partial charge on any atom is 0.255 e. The van der Waals surface area contributed by atoms with Crippen LogP contribution in [0.3, 0.4) is 0 Å². The van der Waals surface area contributed by atoms with E-state index in [0.717, 1.165) is 0 Å². The largest absolute Gasteiger partial charge is 0.493 e. The lowest BCUT2D eigenvalue weighted by molar-refractivity contribution is 0.102. The van der Waals surface area contributed by atoms with E-state index >= 15 is 0 Å². The number of benzene rings is 2. The Bertz CT molecular complexity index is 598. The van der Waals surface area contributed by atoms with Gasteiger partial charge in [-0.1, -0.05) is 18.2 Å². The number of aliphatic hydroxyl groups is 1. The fourth-order valence-electron chi connectivity index (χ4n) is 1.82. The molecule has 0 fully saturated rings. The van der Waals surface area contributed by atoms with Crippen LogP contribution in [0.2, 0.25) is 0 Å². The molecular weight excluding hydrogens is 270 g/mol. The van der Waals surface area contributed by atoms with Gasteiger partial charge < -0.3 is 19.9 Å². The Morgan fingerprint density at radius 1 is 1.14 bits per heavy atom. The number of rotatable bonds is 6. The molecule has 0 atom stereocenters. The maximum absolute atomic E-state index is 12.1. The highest BCUT2D eigenvalue weighted by atomic mass is 16.5. The van der Waals surface area contributed by atoms with E-state index in [2.05, 4.69) is 5.32 Å². The summed E-state index contributed by atoms with van der Waals surface area (Å²) in [5, 5.41) is 11.6. The molecule has 2 aromatic carbocycles. The number of carbonyl (C=O) groups is 1. The molecule has 0 saturated heterocycles. The summed E-state index contributed by atoms with van der Waals surface area (Å²) < 4.78 is 10.5. The van der Waals surface area contributed by atoms with E-state index in [0.29, 0.717) is 22.7 Å². The third kappa shape index (κ3) is 3.97. The zero-order valence-electron chi connectivity index (χ0n) is 11.7. The van der Waals surface area contributed by atoms with Gasteiger partial charge >= 0.3 is 0 Å². The molecule has 0 aliphatic heterocycles. The van der Waals surface area contributed by atoms with E-state index in [1.807, 2.05) is 6.07 Å². The molecule has 0 heterocycles. The van der Waals surface area contributed by atoms with Crippen molar-refractivity contribution in [1.82, 2.24) is 0 Å². The van der Waals surface area contributed by atoms with Gasteiger partial charge in [-0.2, -0.15) is 0 Å². The number of nitrogens with one attached hydrogen (secondary N) is 1. The van der Waals surface area contributed by atoms with Crippen LogP contribution in [0.25, 0.3) is 0 Å². The molecule has 0 bridgehead atoms. The first kappa shape index (κ1) is 14.9. The number of aliphatic hydroxyl groups excluding tert-OH is 1. The second kappa shape index (κ2) is 7.31. The molecule has 5 heteroatoms. The Labute approximate surface area is 123 Å². The van der Waals surface area contributed by atoms with E-state index in [-0.39, 0.29) is 19.1 Å². The minimum absolute atomic E-state index is 0.0935. The van der Waals surface area contributed by atoms with Crippen LogP contribution < -0.4 is 14.8 Å². The van der Waals surface area contributed by atoms with E-state index in [4.69, 9.17) is 14.6 Å². The number of hydrogen-bond donors (Lipinski definition) is 2. The minimum Gasteiger partial charge on any atom is -0.493 e. The molecule has 0 radical (unpaired) electrons. The second-order valence-corrected chi connectivity index (χ2v) is 4.26. The van der Waals surface area contributed by atoms with Crippen molar-refractivity contribution in [2.45, 2.75) is 0 Å². The molecule has 21 heavy (non-hydrogen) atoms. The zero-order valence-corrected chi connectivity index (χ0v) is 11.7. The number of amides is 1. The summed E-state index contributed by atoms with van der Waals surface area (Å²) in [5.74, 6) is 0.812. The molecule has 110 valence electrons. The molecule has 0 unspecified atom stereocenters. The Morgan fingerprint density at radius 2 is 1.90 bits per heavy atom.